The summed E-state index contributed by atoms with van der Waals surface area (Å²) < 4.78 is 19.1. The van der Waals surface area contributed by atoms with E-state index in [0.717, 1.165) is 6.07 Å². The van der Waals surface area contributed by atoms with Gasteiger partial charge in [0.15, 0.2) is 4.34 Å². The molecule has 0 atom stereocenters. The van der Waals surface area contributed by atoms with Crippen LogP contribution in [0.3, 0.4) is 0 Å². The van der Waals surface area contributed by atoms with Crippen LogP contribution >= 0.6 is 34.7 Å². The molecule has 124 valence electrons. The first-order valence-electron chi connectivity index (χ1n) is 6.52. The summed E-state index contributed by atoms with van der Waals surface area (Å²) >= 11 is 8.23. The van der Waals surface area contributed by atoms with E-state index in [4.69, 9.17) is 16.3 Å². The van der Waals surface area contributed by atoms with Crippen molar-refractivity contribution in [2.75, 3.05) is 36.6 Å². The summed E-state index contributed by atoms with van der Waals surface area (Å²) in [5, 5.41) is 14.4. The monoisotopic (exact) mass is 376 g/mol. The minimum absolute atomic E-state index is 0.0965. The molecule has 2 N–H and O–H groups in total. The highest BCUT2D eigenvalue weighted by molar-refractivity contribution is 8.01. The third kappa shape index (κ3) is 5.94. The molecule has 2 aromatic rings. The summed E-state index contributed by atoms with van der Waals surface area (Å²) in [5.74, 6) is -0.800. The van der Waals surface area contributed by atoms with Crippen LogP contribution < -0.4 is 10.6 Å². The van der Waals surface area contributed by atoms with Crippen LogP contribution in [0, 0.1) is 5.82 Å². The number of thioether (sulfide) groups is 1. The number of amides is 1. The van der Waals surface area contributed by atoms with Gasteiger partial charge in [-0.05, 0) is 18.2 Å². The van der Waals surface area contributed by atoms with Gasteiger partial charge in [-0.25, -0.2) is 4.39 Å². The number of hydrogen-bond acceptors (Lipinski definition) is 7. The predicted molar refractivity (Wildman–Crippen MR) is 91.0 cm³/mol. The van der Waals surface area contributed by atoms with Gasteiger partial charge >= 0.3 is 0 Å². The first-order chi connectivity index (χ1) is 11.1. The molecule has 0 spiro atoms. The molecule has 1 amide bonds. The van der Waals surface area contributed by atoms with Crippen molar-refractivity contribution in [3.05, 3.63) is 29.0 Å². The van der Waals surface area contributed by atoms with Crippen molar-refractivity contribution in [1.29, 1.82) is 0 Å². The number of carbonyl (C=O) groups excluding carboxylic acids is 1. The van der Waals surface area contributed by atoms with Gasteiger partial charge in [-0.3, -0.25) is 4.79 Å². The number of rotatable bonds is 8. The lowest BCUT2D eigenvalue weighted by Crippen LogP contribution is -2.14. The number of nitrogens with one attached hydrogen (secondary N) is 2. The maximum absolute atomic E-state index is 13.6. The van der Waals surface area contributed by atoms with Gasteiger partial charge in [0.1, 0.15) is 5.82 Å². The lowest BCUT2D eigenvalue weighted by molar-refractivity contribution is -0.113. The molecule has 23 heavy (non-hydrogen) atoms. The SMILES string of the molecule is COCCNc1nnc(SCC(=O)Nc2ccc(Cl)cc2F)s1. The van der Waals surface area contributed by atoms with Crippen molar-refractivity contribution in [2.45, 2.75) is 4.34 Å². The summed E-state index contributed by atoms with van der Waals surface area (Å²) in [4.78, 5) is 11.8. The molecule has 0 saturated carbocycles. The Bertz CT molecular complexity index is 671. The van der Waals surface area contributed by atoms with Crippen LogP contribution in [0.15, 0.2) is 22.5 Å². The van der Waals surface area contributed by atoms with Crippen LogP contribution in [0.4, 0.5) is 15.2 Å². The number of nitrogens with zero attached hydrogens (tertiary/aromatic N) is 2. The molecule has 0 radical (unpaired) electrons. The second kappa shape index (κ2) is 9.02. The molecule has 1 aromatic carbocycles. The molecule has 0 saturated heterocycles. The maximum Gasteiger partial charge on any atom is 0.234 e. The summed E-state index contributed by atoms with van der Waals surface area (Å²) in [7, 11) is 1.62. The van der Waals surface area contributed by atoms with E-state index in [9.17, 15) is 9.18 Å². The highest BCUT2D eigenvalue weighted by Gasteiger charge is 2.10. The fourth-order valence-corrected chi connectivity index (χ4v) is 3.24. The van der Waals surface area contributed by atoms with E-state index in [1.807, 2.05) is 0 Å². The first-order valence-corrected chi connectivity index (χ1v) is 8.70. The number of ether oxygens (including phenoxy) is 1. The van der Waals surface area contributed by atoms with E-state index in [-0.39, 0.29) is 22.4 Å². The van der Waals surface area contributed by atoms with Gasteiger partial charge in [0.25, 0.3) is 0 Å². The zero-order valence-corrected chi connectivity index (χ0v) is 14.5. The molecule has 0 bridgehead atoms. The largest absolute Gasteiger partial charge is 0.383 e. The highest BCUT2D eigenvalue weighted by atomic mass is 35.5. The zero-order chi connectivity index (χ0) is 16.7. The van der Waals surface area contributed by atoms with Gasteiger partial charge in [-0.1, -0.05) is 34.7 Å². The molecule has 1 aromatic heterocycles. The molecular formula is C13H14ClFN4O2S2. The van der Waals surface area contributed by atoms with Gasteiger partial charge in [0, 0.05) is 18.7 Å². The Hall–Kier alpha value is -1.42. The van der Waals surface area contributed by atoms with Crippen molar-refractivity contribution in [2.24, 2.45) is 0 Å². The molecule has 6 nitrogen and oxygen atoms in total. The lowest BCUT2D eigenvalue weighted by Gasteiger charge is -2.05. The van der Waals surface area contributed by atoms with Crippen LogP contribution in [0.2, 0.25) is 5.02 Å². The van der Waals surface area contributed by atoms with E-state index in [1.165, 1.54) is 35.2 Å². The molecule has 2 rings (SSSR count). The Morgan fingerprint density at radius 2 is 2.30 bits per heavy atom. The average Bonchev–Trinajstić information content (AvgIpc) is 2.96. The summed E-state index contributed by atoms with van der Waals surface area (Å²) in [6.45, 7) is 1.20. The van der Waals surface area contributed by atoms with Gasteiger partial charge < -0.3 is 15.4 Å². The van der Waals surface area contributed by atoms with E-state index in [2.05, 4.69) is 20.8 Å². The molecule has 0 unspecified atom stereocenters. The second-order valence-electron chi connectivity index (χ2n) is 4.25. The van der Waals surface area contributed by atoms with E-state index in [0.29, 0.717) is 22.6 Å². The summed E-state index contributed by atoms with van der Waals surface area (Å²) in [6.07, 6.45) is 0. The van der Waals surface area contributed by atoms with E-state index >= 15 is 0 Å². The quantitative estimate of drug-likeness (QED) is 0.544. The first kappa shape index (κ1) is 17.9. The van der Waals surface area contributed by atoms with Crippen LogP contribution in [0.5, 0.6) is 0 Å². The Labute approximate surface area is 145 Å². The minimum Gasteiger partial charge on any atom is -0.383 e. The molecule has 1 heterocycles. The van der Waals surface area contributed by atoms with Crippen LogP contribution in [-0.2, 0) is 9.53 Å². The number of anilines is 2. The number of carbonyl (C=O) groups is 1. The van der Waals surface area contributed by atoms with Crippen molar-refractivity contribution in [1.82, 2.24) is 10.2 Å². The van der Waals surface area contributed by atoms with Gasteiger partial charge in [0.05, 0.1) is 18.0 Å². The Morgan fingerprint density at radius 3 is 3.04 bits per heavy atom. The van der Waals surface area contributed by atoms with Gasteiger partial charge in [-0.15, -0.1) is 10.2 Å². The van der Waals surface area contributed by atoms with E-state index < -0.39 is 5.82 Å². The topological polar surface area (TPSA) is 76.1 Å². The molecule has 0 aliphatic carbocycles. The Balaban J connectivity index is 1.80. The molecule has 0 fully saturated rings. The van der Waals surface area contributed by atoms with Crippen molar-refractivity contribution in [3.8, 4) is 0 Å². The lowest BCUT2D eigenvalue weighted by atomic mass is 10.3. The fourth-order valence-electron chi connectivity index (χ4n) is 1.50. The standard InChI is InChI=1S/C13H14ClFN4O2S2/c1-21-5-4-16-12-18-19-13(23-12)22-7-11(20)17-10-3-2-8(14)6-9(10)15/h2-3,6H,4-5,7H2,1H3,(H,16,18)(H,17,20). The van der Waals surface area contributed by atoms with Crippen LogP contribution in [0.1, 0.15) is 0 Å². The number of halogens is 2. The number of benzene rings is 1. The zero-order valence-electron chi connectivity index (χ0n) is 12.1. The van der Waals surface area contributed by atoms with Crippen LogP contribution in [0.25, 0.3) is 0 Å². The molecule has 0 aliphatic heterocycles. The molecular weight excluding hydrogens is 363 g/mol. The van der Waals surface area contributed by atoms with Crippen molar-refractivity contribution >= 4 is 51.4 Å². The summed E-state index contributed by atoms with van der Waals surface area (Å²) in [5.41, 5.74) is 0.0965. The molecule has 0 aliphatic rings. The summed E-state index contributed by atoms with van der Waals surface area (Å²) in [6, 6.07) is 4.08. The minimum atomic E-state index is -0.573. The molecule has 10 heteroatoms. The Morgan fingerprint density at radius 1 is 1.48 bits per heavy atom. The van der Waals surface area contributed by atoms with Gasteiger partial charge in [-0.2, -0.15) is 0 Å². The third-order valence-corrected chi connectivity index (χ3v) is 4.77. The van der Waals surface area contributed by atoms with Crippen molar-refractivity contribution in [3.63, 3.8) is 0 Å². The fraction of sp³-hybridized carbons (Fsp3) is 0.308. The highest BCUT2D eigenvalue weighted by Crippen LogP contribution is 2.25. The van der Waals surface area contributed by atoms with E-state index in [1.54, 1.807) is 7.11 Å². The predicted octanol–water partition coefficient (Wildman–Crippen LogP) is 3.12. The smallest absolute Gasteiger partial charge is 0.234 e. The number of aromatic nitrogens is 2. The number of methoxy groups -OCH3 is 1. The van der Waals surface area contributed by atoms with Crippen LogP contribution in [-0.4, -0.2) is 42.1 Å². The average molecular weight is 377 g/mol. The maximum atomic E-state index is 13.6. The normalized spacial score (nSPS) is 10.6. The second-order valence-corrected chi connectivity index (χ2v) is 6.89. The Kier molecular flexibility index (Phi) is 7.03. The van der Waals surface area contributed by atoms with Crippen molar-refractivity contribution < 1.29 is 13.9 Å². The third-order valence-electron chi connectivity index (χ3n) is 2.52. The van der Waals surface area contributed by atoms with Gasteiger partial charge in [0.2, 0.25) is 11.0 Å². The number of hydrogen-bond donors (Lipinski definition) is 2.